The highest BCUT2D eigenvalue weighted by Gasteiger charge is 2.22. The fourth-order valence-corrected chi connectivity index (χ4v) is 3.11. The lowest BCUT2D eigenvalue weighted by atomic mass is 9.91. The first-order valence-corrected chi connectivity index (χ1v) is 8.71. The number of nitrogens with one attached hydrogen (secondary N) is 1. The van der Waals surface area contributed by atoms with E-state index in [1.807, 2.05) is 36.6 Å². The normalized spacial score (nSPS) is 20.2. The molecule has 1 aromatic heterocycles. The quantitative estimate of drug-likeness (QED) is 0.920. The number of hydrogen-bond acceptors (Lipinski definition) is 2. The van der Waals surface area contributed by atoms with Gasteiger partial charge in [-0.1, -0.05) is 30.3 Å². The fourth-order valence-electron chi connectivity index (χ4n) is 3.11. The van der Waals surface area contributed by atoms with E-state index in [0.29, 0.717) is 18.1 Å². The van der Waals surface area contributed by atoms with Crippen LogP contribution in [0, 0.1) is 5.82 Å². The summed E-state index contributed by atoms with van der Waals surface area (Å²) in [5.41, 5.74) is 3.60. The second-order valence-electron chi connectivity index (χ2n) is 6.25. The zero-order valence-electron chi connectivity index (χ0n) is 14.3. The number of pyridine rings is 1. The van der Waals surface area contributed by atoms with Crippen LogP contribution < -0.4 is 5.32 Å². The molecule has 0 saturated carbocycles. The van der Waals surface area contributed by atoms with E-state index in [4.69, 9.17) is 0 Å². The minimum atomic E-state index is -0.202. The first kappa shape index (κ1) is 16.4. The predicted octanol–water partition coefficient (Wildman–Crippen LogP) is 3.58. The smallest absolute Gasteiger partial charge is 0.218 e. The van der Waals surface area contributed by atoms with Gasteiger partial charge in [0, 0.05) is 36.6 Å². The van der Waals surface area contributed by atoms with Crippen LogP contribution >= 0.6 is 0 Å². The van der Waals surface area contributed by atoms with Gasteiger partial charge in [0.25, 0.3) is 0 Å². The van der Waals surface area contributed by atoms with Crippen LogP contribution in [-0.4, -0.2) is 29.7 Å². The number of guanidine groups is 1. The van der Waals surface area contributed by atoms with E-state index in [0.717, 1.165) is 29.7 Å². The molecule has 4 rings (SSSR count). The number of halogens is 1. The van der Waals surface area contributed by atoms with Crippen LogP contribution in [0.3, 0.4) is 0 Å². The monoisotopic (exact) mass is 346 g/mol. The summed E-state index contributed by atoms with van der Waals surface area (Å²) in [6, 6.07) is 12.9. The SMILES string of the molecule is Fc1ccccc1C1=CCC2NC(=NCCc3ccccn3)N=CC2=C1. The van der Waals surface area contributed by atoms with Gasteiger partial charge >= 0.3 is 0 Å². The molecule has 130 valence electrons. The molecule has 1 aliphatic carbocycles. The van der Waals surface area contributed by atoms with Crippen LogP contribution in [0.1, 0.15) is 17.7 Å². The van der Waals surface area contributed by atoms with Crippen molar-refractivity contribution in [3.8, 4) is 0 Å². The third-order valence-electron chi connectivity index (χ3n) is 4.48. The standard InChI is InChI=1S/C21H19FN4/c22-19-7-2-1-6-18(19)15-8-9-20-16(13-15)14-25-21(26-20)24-12-10-17-5-3-4-11-23-17/h1-8,11,13-14,20H,9-10,12H2,(H,24,26). The molecule has 0 amide bonds. The van der Waals surface area contributed by atoms with Crippen LogP contribution in [0.4, 0.5) is 4.39 Å². The maximum absolute atomic E-state index is 14.0. The molecule has 26 heavy (non-hydrogen) atoms. The Morgan fingerprint density at radius 1 is 1.15 bits per heavy atom. The average Bonchev–Trinajstić information content (AvgIpc) is 2.69. The highest BCUT2D eigenvalue weighted by atomic mass is 19.1. The maximum atomic E-state index is 14.0. The number of allylic oxidation sites excluding steroid dienone is 2. The first-order valence-electron chi connectivity index (χ1n) is 8.71. The Hall–Kier alpha value is -3.08. The number of benzene rings is 1. The molecule has 0 spiro atoms. The molecule has 0 radical (unpaired) electrons. The van der Waals surface area contributed by atoms with Gasteiger partial charge < -0.3 is 5.32 Å². The van der Waals surface area contributed by atoms with Gasteiger partial charge in [0.2, 0.25) is 5.96 Å². The summed E-state index contributed by atoms with van der Waals surface area (Å²) in [7, 11) is 0. The van der Waals surface area contributed by atoms with Crippen molar-refractivity contribution in [1.29, 1.82) is 0 Å². The second kappa shape index (κ2) is 7.44. The Bertz CT molecular complexity index is 913. The van der Waals surface area contributed by atoms with E-state index in [2.05, 4.69) is 26.4 Å². The molecule has 1 atom stereocenters. The molecule has 0 bridgehead atoms. The molecule has 1 aliphatic heterocycles. The van der Waals surface area contributed by atoms with E-state index in [-0.39, 0.29) is 11.9 Å². The van der Waals surface area contributed by atoms with E-state index in [1.54, 1.807) is 18.3 Å². The largest absolute Gasteiger partial charge is 0.347 e. The molecule has 1 unspecified atom stereocenters. The minimum Gasteiger partial charge on any atom is -0.347 e. The van der Waals surface area contributed by atoms with Crippen LogP contribution in [0.2, 0.25) is 0 Å². The van der Waals surface area contributed by atoms with Crippen molar-refractivity contribution in [2.75, 3.05) is 6.54 Å². The van der Waals surface area contributed by atoms with Crippen LogP contribution in [0.25, 0.3) is 5.57 Å². The highest BCUT2D eigenvalue weighted by molar-refractivity contribution is 6.00. The lowest BCUT2D eigenvalue weighted by Gasteiger charge is -2.26. The van der Waals surface area contributed by atoms with Crippen molar-refractivity contribution in [2.45, 2.75) is 18.9 Å². The molecule has 5 heteroatoms. The fraction of sp³-hybridized carbons (Fsp3) is 0.190. The summed E-state index contributed by atoms with van der Waals surface area (Å²) in [6.07, 6.45) is 9.23. The lowest BCUT2D eigenvalue weighted by molar-refractivity contribution is 0.623. The zero-order chi connectivity index (χ0) is 17.8. The van der Waals surface area contributed by atoms with Gasteiger partial charge in [-0.2, -0.15) is 0 Å². The van der Waals surface area contributed by atoms with E-state index in [1.165, 1.54) is 6.07 Å². The number of aliphatic imine (C=N–C) groups is 2. The summed E-state index contributed by atoms with van der Waals surface area (Å²) in [5.74, 6) is 0.442. The van der Waals surface area contributed by atoms with Gasteiger partial charge in [0.05, 0.1) is 6.04 Å². The van der Waals surface area contributed by atoms with Crippen molar-refractivity contribution in [1.82, 2.24) is 10.3 Å². The number of aromatic nitrogens is 1. The predicted molar refractivity (Wildman–Crippen MR) is 103 cm³/mol. The molecule has 2 aromatic rings. The number of hydrogen-bond donors (Lipinski definition) is 1. The van der Waals surface area contributed by atoms with Gasteiger partial charge in [-0.3, -0.25) is 9.98 Å². The Kier molecular flexibility index (Phi) is 4.69. The van der Waals surface area contributed by atoms with Crippen LogP contribution in [0.15, 0.2) is 76.4 Å². The van der Waals surface area contributed by atoms with Crippen LogP contribution in [0.5, 0.6) is 0 Å². The van der Waals surface area contributed by atoms with Gasteiger partial charge in [-0.05, 0) is 41.8 Å². The summed E-state index contributed by atoms with van der Waals surface area (Å²) in [5, 5.41) is 3.35. The second-order valence-corrected chi connectivity index (χ2v) is 6.25. The summed E-state index contributed by atoms with van der Waals surface area (Å²) >= 11 is 0. The maximum Gasteiger partial charge on any atom is 0.218 e. The molecule has 4 nitrogen and oxygen atoms in total. The van der Waals surface area contributed by atoms with Crippen LogP contribution in [-0.2, 0) is 6.42 Å². The average molecular weight is 346 g/mol. The molecule has 2 aliphatic rings. The Balaban J connectivity index is 1.44. The van der Waals surface area contributed by atoms with E-state index < -0.39 is 0 Å². The third-order valence-corrected chi connectivity index (χ3v) is 4.48. The first-order chi connectivity index (χ1) is 12.8. The van der Waals surface area contributed by atoms with Crippen molar-refractivity contribution in [3.63, 3.8) is 0 Å². The molecule has 1 N–H and O–H groups in total. The topological polar surface area (TPSA) is 49.6 Å². The van der Waals surface area contributed by atoms with Gasteiger partial charge in [0.1, 0.15) is 5.82 Å². The van der Waals surface area contributed by atoms with Crippen molar-refractivity contribution in [2.24, 2.45) is 9.98 Å². The number of nitrogens with zero attached hydrogens (tertiary/aromatic N) is 3. The Morgan fingerprint density at radius 3 is 2.88 bits per heavy atom. The third kappa shape index (κ3) is 3.61. The molecule has 1 aromatic carbocycles. The Labute approximate surface area is 151 Å². The molecule has 0 saturated heterocycles. The van der Waals surface area contributed by atoms with E-state index >= 15 is 0 Å². The van der Waals surface area contributed by atoms with Gasteiger partial charge in [-0.15, -0.1) is 0 Å². The number of rotatable bonds is 4. The minimum absolute atomic E-state index is 0.136. The zero-order valence-corrected chi connectivity index (χ0v) is 14.3. The number of fused-ring (bicyclic) bond motifs is 1. The summed E-state index contributed by atoms with van der Waals surface area (Å²) < 4.78 is 14.0. The van der Waals surface area contributed by atoms with Crippen molar-refractivity contribution < 1.29 is 4.39 Å². The molecular formula is C21H19FN4. The van der Waals surface area contributed by atoms with Gasteiger partial charge in [-0.25, -0.2) is 9.38 Å². The summed E-state index contributed by atoms with van der Waals surface area (Å²) in [4.78, 5) is 13.2. The highest BCUT2D eigenvalue weighted by Crippen LogP contribution is 2.27. The molecule has 0 fully saturated rings. The molecular weight excluding hydrogens is 327 g/mol. The van der Waals surface area contributed by atoms with Gasteiger partial charge in [0.15, 0.2) is 0 Å². The molecule has 2 heterocycles. The summed E-state index contributed by atoms with van der Waals surface area (Å²) in [6.45, 7) is 0.638. The van der Waals surface area contributed by atoms with E-state index in [9.17, 15) is 4.39 Å². The van der Waals surface area contributed by atoms with Crippen molar-refractivity contribution in [3.05, 3.63) is 83.5 Å². The lowest BCUT2D eigenvalue weighted by Crippen LogP contribution is -2.40. The van der Waals surface area contributed by atoms with Crippen molar-refractivity contribution >= 4 is 17.7 Å². The Morgan fingerprint density at radius 2 is 2.04 bits per heavy atom.